The summed E-state index contributed by atoms with van der Waals surface area (Å²) in [6.07, 6.45) is 14.0. The number of amides is 1. The molecule has 1 aliphatic carbocycles. The summed E-state index contributed by atoms with van der Waals surface area (Å²) in [6.45, 7) is 8.68. The molecule has 0 radical (unpaired) electrons. The number of hydrogen-bond acceptors (Lipinski definition) is 5. The summed E-state index contributed by atoms with van der Waals surface area (Å²) >= 11 is 0. The molecule has 180 valence electrons. The Bertz CT molecular complexity index is 701. The summed E-state index contributed by atoms with van der Waals surface area (Å²) in [6, 6.07) is 0.0650. The van der Waals surface area contributed by atoms with Crippen molar-refractivity contribution >= 4 is 11.7 Å². The first-order valence-corrected chi connectivity index (χ1v) is 12.7. The van der Waals surface area contributed by atoms with Gasteiger partial charge in [0.25, 0.3) is 0 Å². The Hall–Kier alpha value is -1.73. The molecule has 2 aliphatic rings. The lowest BCUT2D eigenvalue weighted by molar-refractivity contribution is -0.142. The van der Waals surface area contributed by atoms with Crippen molar-refractivity contribution in [2.45, 2.75) is 83.8 Å². The number of hydrogen-bond donors (Lipinski definition) is 1. The third-order valence-electron chi connectivity index (χ3n) is 7.68. The second kappa shape index (κ2) is 12.5. The summed E-state index contributed by atoms with van der Waals surface area (Å²) in [5.41, 5.74) is 0. The molecule has 1 aromatic rings. The van der Waals surface area contributed by atoms with E-state index < -0.39 is 0 Å². The van der Waals surface area contributed by atoms with E-state index in [0.717, 1.165) is 58.4 Å². The predicted molar refractivity (Wildman–Crippen MR) is 127 cm³/mol. The van der Waals surface area contributed by atoms with Gasteiger partial charge in [0.05, 0.1) is 12.4 Å². The largest absolute Gasteiger partial charge is 0.338 e. The minimum atomic E-state index is -0.193. The number of Topliss-reactive ketones (excluding diaryl/α,β-unsaturated/α-hetero) is 1. The van der Waals surface area contributed by atoms with Gasteiger partial charge in [0.15, 0.2) is 0 Å². The van der Waals surface area contributed by atoms with Gasteiger partial charge in [-0.15, -0.1) is 0 Å². The fraction of sp³-hybridized carbons (Fsp3) is 0.800. The average Bonchev–Trinajstić information content (AvgIpc) is 3.51. The highest BCUT2D eigenvalue weighted by atomic mass is 16.2. The molecule has 1 N–H and O–H groups in total. The van der Waals surface area contributed by atoms with E-state index in [9.17, 15) is 9.59 Å². The minimum Gasteiger partial charge on any atom is -0.338 e. The Morgan fingerprint density at radius 3 is 2.62 bits per heavy atom. The maximum Gasteiger partial charge on any atom is 0.226 e. The maximum atomic E-state index is 13.8. The molecule has 2 fully saturated rings. The molecule has 0 aromatic carbocycles. The van der Waals surface area contributed by atoms with E-state index in [2.05, 4.69) is 31.6 Å². The molecule has 7 heteroatoms. The number of nitrogens with one attached hydrogen (secondary N) is 1. The minimum absolute atomic E-state index is 0.153. The van der Waals surface area contributed by atoms with Crippen LogP contribution >= 0.6 is 0 Å². The molecular formula is C25H43N5O2. The van der Waals surface area contributed by atoms with Crippen molar-refractivity contribution in [2.75, 3.05) is 33.2 Å². The van der Waals surface area contributed by atoms with E-state index >= 15 is 0 Å². The number of carbonyl (C=O) groups is 2. The predicted octanol–water partition coefficient (Wildman–Crippen LogP) is 2.96. The van der Waals surface area contributed by atoms with Gasteiger partial charge < -0.3 is 14.8 Å². The number of aromatic nitrogens is 2. The van der Waals surface area contributed by atoms with Gasteiger partial charge in [-0.05, 0) is 52.1 Å². The van der Waals surface area contributed by atoms with E-state index in [1.807, 2.05) is 32.7 Å². The number of nitrogens with zero attached hydrogens (tertiary/aromatic N) is 4. The molecule has 0 bridgehead atoms. The third-order valence-corrected chi connectivity index (χ3v) is 7.68. The first-order chi connectivity index (χ1) is 15.5. The van der Waals surface area contributed by atoms with Crippen molar-refractivity contribution in [1.82, 2.24) is 24.7 Å². The highest BCUT2D eigenvalue weighted by molar-refractivity contribution is 5.90. The van der Waals surface area contributed by atoms with Gasteiger partial charge in [-0.2, -0.15) is 0 Å². The van der Waals surface area contributed by atoms with E-state index in [1.54, 1.807) is 0 Å². The number of likely N-dealkylation sites (N-methyl/N-ethyl adjacent to an activating group) is 2. The summed E-state index contributed by atoms with van der Waals surface area (Å²) in [4.78, 5) is 35.3. The van der Waals surface area contributed by atoms with Crippen LogP contribution < -0.4 is 5.32 Å². The van der Waals surface area contributed by atoms with Crippen LogP contribution in [0.15, 0.2) is 18.7 Å². The van der Waals surface area contributed by atoms with Gasteiger partial charge >= 0.3 is 0 Å². The molecule has 1 aromatic heterocycles. The van der Waals surface area contributed by atoms with Crippen molar-refractivity contribution in [3.05, 3.63) is 18.7 Å². The van der Waals surface area contributed by atoms with E-state index in [4.69, 9.17) is 0 Å². The third kappa shape index (κ3) is 6.64. The van der Waals surface area contributed by atoms with Gasteiger partial charge in [-0.1, -0.05) is 26.2 Å². The van der Waals surface area contributed by atoms with E-state index in [0.29, 0.717) is 12.3 Å². The van der Waals surface area contributed by atoms with Crippen molar-refractivity contribution in [3.63, 3.8) is 0 Å². The van der Waals surface area contributed by atoms with Crippen LogP contribution in [0, 0.1) is 11.8 Å². The quantitative estimate of drug-likeness (QED) is 0.536. The molecule has 0 spiro atoms. The van der Waals surface area contributed by atoms with Crippen molar-refractivity contribution in [3.8, 4) is 0 Å². The molecule has 32 heavy (non-hydrogen) atoms. The fourth-order valence-corrected chi connectivity index (χ4v) is 5.43. The smallest absolute Gasteiger partial charge is 0.226 e. The van der Waals surface area contributed by atoms with Crippen LogP contribution in [-0.4, -0.2) is 76.4 Å². The van der Waals surface area contributed by atoms with Crippen LogP contribution in [-0.2, 0) is 16.1 Å². The van der Waals surface area contributed by atoms with Crippen LogP contribution in [0.25, 0.3) is 0 Å². The Morgan fingerprint density at radius 1 is 1.19 bits per heavy atom. The van der Waals surface area contributed by atoms with Gasteiger partial charge in [-0.25, -0.2) is 4.98 Å². The molecule has 1 saturated heterocycles. The second-order valence-corrected chi connectivity index (χ2v) is 9.71. The van der Waals surface area contributed by atoms with Gasteiger partial charge in [-0.3, -0.25) is 14.5 Å². The van der Waals surface area contributed by atoms with Crippen LogP contribution in [0.2, 0.25) is 0 Å². The van der Waals surface area contributed by atoms with Gasteiger partial charge in [0.2, 0.25) is 5.91 Å². The second-order valence-electron chi connectivity index (χ2n) is 9.71. The normalized spacial score (nSPS) is 21.8. The summed E-state index contributed by atoms with van der Waals surface area (Å²) < 4.78 is 2.11. The number of likely N-dealkylation sites (tertiary alicyclic amines) is 1. The molecule has 0 unspecified atom stereocenters. The standard InChI is InChI=1S/C25H43N5O2/c1-4-28(15-16-29-14-12-27-19-29)18-22-11-8-13-30(22)25(32)23(17-24(31)20(2)26-3)21-9-6-5-7-10-21/h12,14,19-23,26H,4-11,13,15-18H2,1-3H3/t20-,22-,23-/m0/s1. The van der Waals surface area contributed by atoms with Crippen LogP contribution in [0.1, 0.15) is 65.2 Å². The molecule has 7 nitrogen and oxygen atoms in total. The Morgan fingerprint density at radius 2 is 1.97 bits per heavy atom. The number of imidazole rings is 1. The highest BCUT2D eigenvalue weighted by Gasteiger charge is 2.39. The van der Waals surface area contributed by atoms with Crippen molar-refractivity contribution in [2.24, 2.45) is 11.8 Å². The van der Waals surface area contributed by atoms with Crippen molar-refractivity contribution < 1.29 is 9.59 Å². The topological polar surface area (TPSA) is 70.5 Å². The van der Waals surface area contributed by atoms with E-state index in [-0.39, 0.29) is 29.7 Å². The molecular weight excluding hydrogens is 402 g/mol. The SMILES string of the molecule is CCN(CCn1ccnc1)C[C@@H]1CCCN1C(=O)[C@@H](CC(=O)[C@H](C)NC)C1CCCCC1. The number of carbonyl (C=O) groups excluding carboxylic acids is 2. The molecule has 1 saturated carbocycles. The zero-order valence-electron chi connectivity index (χ0n) is 20.3. The molecule has 3 atom stereocenters. The monoisotopic (exact) mass is 445 g/mol. The Labute approximate surface area is 193 Å². The van der Waals surface area contributed by atoms with Gasteiger partial charge in [0, 0.05) is 57.0 Å². The highest BCUT2D eigenvalue weighted by Crippen LogP contribution is 2.35. The van der Waals surface area contributed by atoms with Crippen LogP contribution in [0.3, 0.4) is 0 Å². The maximum absolute atomic E-state index is 13.8. The van der Waals surface area contributed by atoms with Gasteiger partial charge in [0.1, 0.15) is 5.78 Å². The summed E-state index contributed by atoms with van der Waals surface area (Å²) in [5, 5.41) is 3.06. The lowest BCUT2D eigenvalue weighted by atomic mass is 9.76. The lowest BCUT2D eigenvalue weighted by Gasteiger charge is -2.36. The number of rotatable bonds is 12. The zero-order chi connectivity index (χ0) is 22.9. The lowest BCUT2D eigenvalue weighted by Crippen LogP contribution is -2.48. The average molecular weight is 446 g/mol. The fourth-order valence-electron chi connectivity index (χ4n) is 5.43. The summed E-state index contributed by atoms with van der Waals surface area (Å²) in [5.74, 6) is 0.610. The first kappa shape index (κ1) is 24.9. The Balaban J connectivity index is 1.65. The molecule has 1 aliphatic heterocycles. The molecule has 1 amide bonds. The molecule has 2 heterocycles. The number of ketones is 1. The summed E-state index contributed by atoms with van der Waals surface area (Å²) in [7, 11) is 1.82. The van der Waals surface area contributed by atoms with E-state index in [1.165, 1.54) is 19.3 Å². The first-order valence-electron chi connectivity index (χ1n) is 12.7. The zero-order valence-corrected chi connectivity index (χ0v) is 20.3. The molecule has 3 rings (SSSR count). The van der Waals surface area contributed by atoms with Crippen LogP contribution in [0.5, 0.6) is 0 Å². The van der Waals surface area contributed by atoms with Crippen LogP contribution in [0.4, 0.5) is 0 Å². The van der Waals surface area contributed by atoms with Crippen molar-refractivity contribution in [1.29, 1.82) is 0 Å². The Kier molecular flexibility index (Phi) is 9.72.